The number of likely N-dealkylation sites (tertiary alicyclic amines) is 1. The van der Waals surface area contributed by atoms with Gasteiger partial charge < -0.3 is 9.64 Å². The van der Waals surface area contributed by atoms with E-state index in [-0.39, 0.29) is 21.7 Å². The molecular weight excluding hydrogens is 424 g/mol. The molecular formula is C21H24N2O5S2. The molecule has 1 aromatic heterocycles. The number of hydrogen-bond acceptors (Lipinski definition) is 6. The van der Waals surface area contributed by atoms with Crippen LogP contribution in [0.1, 0.15) is 53.4 Å². The fourth-order valence-electron chi connectivity index (χ4n) is 3.47. The lowest BCUT2D eigenvalue weighted by Gasteiger charge is -2.30. The molecule has 160 valence electrons. The molecule has 30 heavy (non-hydrogen) atoms. The molecule has 9 heteroatoms. The largest absolute Gasteiger partial charge is 0.443 e. The lowest BCUT2D eigenvalue weighted by Crippen LogP contribution is -2.40. The highest BCUT2D eigenvalue weighted by atomic mass is 32.2. The predicted molar refractivity (Wildman–Crippen MR) is 113 cm³/mol. The summed E-state index contributed by atoms with van der Waals surface area (Å²) < 4.78 is 33.5. The Morgan fingerprint density at radius 3 is 2.43 bits per heavy atom. The standard InChI is InChI=1S/C21H24N2O5S2/c24-20(23-12-5-2-6-13-23)18(15-7-3-1-4-8-15)28-21(25)19-17(11-14-29-19)30(26,27)22-16-9-10-16/h1,3-4,7-8,11,14,16,18,22H,2,5-6,9-10,12-13H2/t18-/m0/s1. The van der Waals surface area contributed by atoms with Crippen LogP contribution in [0.25, 0.3) is 0 Å². The third-order valence-corrected chi connectivity index (χ3v) is 7.81. The highest BCUT2D eigenvalue weighted by molar-refractivity contribution is 7.89. The molecule has 0 radical (unpaired) electrons. The van der Waals surface area contributed by atoms with E-state index in [0.717, 1.165) is 43.4 Å². The third kappa shape index (κ3) is 4.74. The second-order valence-electron chi connectivity index (χ2n) is 7.59. The van der Waals surface area contributed by atoms with Crippen LogP contribution in [0.15, 0.2) is 46.7 Å². The number of piperidine rings is 1. The molecule has 1 N–H and O–H groups in total. The van der Waals surface area contributed by atoms with Crippen molar-refractivity contribution in [2.24, 2.45) is 0 Å². The highest BCUT2D eigenvalue weighted by Gasteiger charge is 2.35. The van der Waals surface area contributed by atoms with E-state index in [9.17, 15) is 18.0 Å². The van der Waals surface area contributed by atoms with Crippen LogP contribution in [0.3, 0.4) is 0 Å². The van der Waals surface area contributed by atoms with Gasteiger partial charge in [-0.3, -0.25) is 4.79 Å². The number of ether oxygens (including phenoxy) is 1. The van der Waals surface area contributed by atoms with Crippen molar-refractivity contribution in [2.75, 3.05) is 13.1 Å². The van der Waals surface area contributed by atoms with Crippen molar-refractivity contribution in [2.45, 2.75) is 49.1 Å². The molecule has 2 aromatic rings. The maximum atomic E-state index is 13.2. The summed E-state index contributed by atoms with van der Waals surface area (Å²) in [7, 11) is -3.81. The van der Waals surface area contributed by atoms with E-state index in [0.29, 0.717) is 18.7 Å². The van der Waals surface area contributed by atoms with E-state index in [1.165, 1.54) is 6.07 Å². The number of rotatable bonds is 7. The van der Waals surface area contributed by atoms with E-state index >= 15 is 0 Å². The van der Waals surface area contributed by atoms with Crippen molar-refractivity contribution in [1.82, 2.24) is 9.62 Å². The van der Waals surface area contributed by atoms with Gasteiger partial charge in [-0.05, 0) is 43.6 Å². The van der Waals surface area contributed by atoms with Crippen molar-refractivity contribution in [1.29, 1.82) is 0 Å². The maximum Gasteiger partial charge on any atom is 0.350 e. The average molecular weight is 449 g/mol. The Bertz CT molecular complexity index is 1010. The Morgan fingerprint density at radius 2 is 1.77 bits per heavy atom. The maximum absolute atomic E-state index is 13.2. The number of sulfonamides is 1. The minimum Gasteiger partial charge on any atom is -0.443 e. The number of amides is 1. The van der Waals surface area contributed by atoms with Gasteiger partial charge in [0.2, 0.25) is 16.1 Å². The van der Waals surface area contributed by atoms with Gasteiger partial charge in [0.15, 0.2) is 0 Å². The van der Waals surface area contributed by atoms with Crippen LogP contribution in [0, 0.1) is 0 Å². The Balaban J connectivity index is 1.58. The fraction of sp³-hybridized carbons (Fsp3) is 0.429. The summed E-state index contributed by atoms with van der Waals surface area (Å²) in [6.07, 6.45) is 3.39. The summed E-state index contributed by atoms with van der Waals surface area (Å²) in [5, 5.41) is 1.54. The van der Waals surface area contributed by atoms with Gasteiger partial charge in [-0.1, -0.05) is 30.3 Å². The summed E-state index contributed by atoms with van der Waals surface area (Å²) in [6, 6.07) is 10.2. The number of nitrogens with one attached hydrogen (secondary N) is 1. The van der Waals surface area contributed by atoms with Crippen molar-refractivity contribution in [3.63, 3.8) is 0 Å². The molecule has 0 unspecified atom stereocenters. The first-order valence-corrected chi connectivity index (χ1v) is 12.5. The molecule has 2 fully saturated rings. The zero-order valence-corrected chi connectivity index (χ0v) is 18.1. The minimum absolute atomic E-state index is 0.0180. The summed E-state index contributed by atoms with van der Waals surface area (Å²) in [5.74, 6) is -1.08. The Kier molecular flexibility index (Phi) is 6.21. The molecule has 1 saturated carbocycles. The van der Waals surface area contributed by atoms with Crippen LogP contribution in [0.2, 0.25) is 0 Å². The molecule has 2 aliphatic rings. The summed E-state index contributed by atoms with van der Waals surface area (Å²) >= 11 is 0.998. The zero-order valence-electron chi connectivity index (χ0n) is 16.5. The first-order valence-electron chi connectivity index (χ1n) is 10.1. The molecule has 1 aromatic carbocycles. The minimum atomic E-state index is -3.81. The zero-order chi connectivity index (χ0) is 21.1. The number of esters is 1. The van der Waals surface area contributed by atoms with Gasteiger partial charge in [0, 0.05) is 24.7 Å². The van der Waals surface area contributed by atoms with Gasteiger partial charge in [0.25, 0.3) is 5.91 Å². The number of thiophene rings is 1. The van der Waals surface area contributed by atoms with Crippen LogP contribution >= 0.6 is 11.3 Å². The summed E-state index contributed by atoms with van der Waals surface area (Å²) in [5.41, 5.74) is 0.568. The third-order valence-electron chi connectivity index (χ3n) is 5.22. The summed E-state index contributed by atoms with van der Waals surface area (Å²) in [6.45, 7) is 1.26. The molecule has 1 saturated heterocycles. The molecule has 2 heterocycles. The van der Waals surface area contributed by atoms with Gasteiger partial charge in [-0.15, -0.1) is 11.3 Å². The molecule has 1 amide bonds. The second-order valence-corrected chi connectivity index (χ2v) is 10.2. The number of nitrogens with zero attached hydrogens (tertiary/aromatic N) is 1. The lowest BCUT2D eigenvalue weighted by atomic mass is 10.1. The lowest BCUT2D eigenvalue weighted by molar-refractivity contribution is -0.142. The van der Waals surface area contributed by atoms with Gasteiger partial charge in [-0.2, -0.15) is 0 Å². The van der Waals surface area contributed by atoms with E-state index in [1.54, 1.807) is 34.5 Å². The number of hydrogen-bond donors (Lipinski definition) is 1. The fourth-order valence-corrected chi connectivity index (χ4v) is 6.08. The van der Waals surface area contributed by atoms with Crippen LogP contribution < -0.4 is 4.72 Å². The monoisotopic (exact) mass is 448 g/mol. The Morgan fingerprint density at radius 1 is 1.07 bits per heavy atom. The van der Waals surface area contributed by atoms with Crippen LogP contribution in [-0.2, 0) is 19.6 Å². The molecule has 4 rings (SSSR count). The van der Waals surface area contributed by atoms with Crippen molar-refractivity contribution < 1.29 is 22.7 Å². The average Bonchev–Trinajstić information content (AvgIpc) is 3.41. The molecule has 1 atom stereocenters. The van der Waals surface area contributed by atoms with E-state index < -0.39 is 22.1 Å². The highest BCUT2D eigenvalue weighted by Crippen LogP contribution is 2.30. The van der Waals surface area contributed by atoms with Gasteiger partial charge >= 0.3 is 5.97 Å². The number of benzene rings is 1. The van der Waals surface area contributed by atoms with Gasteiger partial charge in [0.05, 0.1) is 0 Å². The van der Waals surface area contributed by atoms with E-state index in [1.807, 2.05) is 6.07 Å². The van der Waals surface area contributed by atoms with Gasteiger partial charge in [0.1, 0.15) is 9.77 Å². The second kappa shape index (κ2) is 8.87. The molecule has 0 bridgehead atoms. The first-order chi connectivity index (χ1) is 14.5. The molecule has 0 spiro atoms. The quantitative estimate of drug-likeness (QED) is 0.657. The van der Waals surface area contributed by atoms with Gasteiger partial charge in [-0.25, -0.2) is 17.9 Å². The molecule has 1 aliphatic carbocycles. The first kappa shape index (κ1) is 21.0. The predicted octanol–water partition coefficient (Wildman–Crippen LogP) is 3.10. The van der Waals surface area contributed by atoms with Crippen LogP contribution in [-0.4, -0.2) is 44.3 Å². The normalized spacial score (nSPS) is 18.1. The van der Waals surface area contributed by atoms with Crippen LogP contribution in [0.5, 0.6) is 0 Å². The van der Waals surface area contributed by atoms with Crippen molar-refractivity contribution in [3.05, 3.63) is 52.2 Å². The number of carbonyl (C=O) groups excluding carboxylic acids is 2. The number of carbonyl (C=O) groups is 2. The Labute approximate surface area is 180 Å². The SMILES string of the molecule is O=C(O[C@H](C(=O)N1CCCCC1)c1ccccc1)c1sccc1S(=O)(=O)NC1CC1. The van der Waals surface area contributed by atoms with Crippen molar-refractivity contribution >= 4 is 33.2 Å². The van der Waals surface area contributed by atoms with E-state index in [2.05, 4.69) is 4.72 Å². The summed E-state index contributed by atoms with van der Waals surface area (Å²) in [4.78, 5) is 27.7. The Hall–Kier alpha value is -2.23. The molecule has 1 aliphatic heterocycles. The molecule has 7 nitrogen and oxygen atoms in total. The van der Waals surface area contributed by atoms with E-state index in [4.69, 9.17) is 4.74 Å². The van der Waals surface area contributed by atoms with Crippen molar-refractivity contribution in [3.8, 4) is 0 Å². The topological polar surface area (TPSA) is 92.8 Å². The smallest absolute Gasteiger partial charge is 0.350 e. The van der Waals surface area contributed by atoms with Crippen LogP contribution in [0.4, 0.5) is 0 Å².